The average Bonchev–Trinajstić information content (AvgIpc) is 2.88. The number of rotatable bonds is 2. The van der Waals surface area contributed by atoms with Crippen LogP contribution < -0.4 is 10.2 Å². The van der Waals surface area contributed by atoms with Crippen molar-refractivity contribution in [3.8, 4) is 0 Å². The number of hydrogen-bond donors (Lipinski definition) is 1. The van der Waals surface area contributed by atoms with Crippen molar-refractivity contribution in [3.05, 3.63) is 29.3 Å². The van der Waals surface area contributed by atoms with E-state index in [0.717, 1.165) is 47.4 Å². The van der Waals surface area contributed by atoms with Crippen molar-refractivity contribution < 1.29 is 14.4 Å². The molecule has 1 aromatic carbocycles. The number of carbonyl (C=O) groups excluding carboxylic acids is 3. The molecule has 0 bridgehead atoms. The molecule has 0 aromatic heterocycles. The Hall–Kier alpha value is -2.37. The van der Waals surface area contributed by atoms with Crippen molar-refractivity contribution in [3.63, 3.8) is 0 Å². The molecule has 6 heteroatoms. The van der Waals surface area contributed by atoms with Crippen LogP contribution in [0.2, 0.25) is 0 Å². The van der Waals surface area contributed by atoms with E-state index in [2.05, 4.69) is 12.2 Å². The van der Waals surface area contributed by atoms with E-state index in [1.807, 2.05) is 25.1 Å². The van der Waals surface area contributed by atoms with Crippen molar-refractivity contribution in [1.82, 2.24) is 10.2 Å². The highest BCUT2D eigenvalue weighted by Gasteiger charge is 2.52. The van der Waals surface area contributed by atoms with E-state index < -0.39 is 11.6 Å². The minimum absolute atomic E-state index is 0.185. The molecule has 2 heterocycles. The second-order valence-electron chi connectivity index (χ2n) is 8.32. The average molecular weight is 369 g/mol. The summed E-state index contributed by atoms with van der Waals surface area (Å²) in [4.78, 5) is 41.4. The summed E-state index contributed by atoms with van der Waals surface area (Å²) in [5, 5.41) is 2.90. The lowest BCUT2D eigenvalue weighted by Crippen LogP contribution is -2.50. The zero-order chi connectivity index (χ0) is 19.2. The van der Waals surface area contributed by atoms with E-state index in [9.17, 15) is 14.4 Å². The quantitative estimate of drug-likeness (QED) is 0.815. The van der Waals surface area contributed by atoms with Gasteiger partial charge in [0.1, 0.15) is 12.1 Å². The third-order valence-electron chi connectivity index (χ3n) is 6.39. The van der Waals surface area contributed by atoms with Gasteiger partial charge < -0.3 is 10.2 Å². The minimum atomic E-state index is -0.792. The lowest BCUT2D eigenvalue weighted by molar-refractivity contribution is -0.135. The number of urea groups is 1. The molecule has 1 aliphatic carbocycles. The number of anilines is 1. The van der Waals surface area contributed by atoms with Gasteiger partial charge in [-0.15, -0.1) is 0 Å². The fourth-order valence-electron chi connectivity index (χ4n) is 4.73. The van der Waals surface area contributed by atoms with Gasteiger partial charge in [-0.2, -0.15) is 0 Å². The van der Waals surface area contributed by atoms with Gasteiger partial charge in [-0.3, -0.25) is 14.5 Å². The second-order valence-corrected chi connectivity index (χ2v) is 8.32. The van der Waals surface area contributed by atoms with Gasteiger partial charge in [0.05, 0.1) is 0 Å². The number of nitrogens with zero attached hydrogens (tertiary/aromatic N) is 2. The molecular weight excluding hydrogens is 342 g/mol. The van der Waals surface area contributed by atoms with Crippen LogP contribution in [0.5, 0.6) is 0 Å². The molecule has 4 rings (SSSR count). The molecule has 3 aliphatic rings. The van der Waals surface area contributed by atoms with Crippen LogP contribution >= 0.6 is 0 Å². The molecule has 2 fully saturated rings. The SMILES string of the molecule is Cc1cccc2c1N(C(=O)CN1C(=O)NC3(CCC(C)CC3)C1=O)CCC2. The summed E-state index contributed by atoms with van der Waals surface area (Å²) in [6.45, 7) is 4.61. The Kier molecular flexibility index (Phi) is 4.44. The Bertz CT molecular complexity index is 796. The summed E-state index contributed by atoms with van der Waals surface area (Å²) in [6.07, 6.45) is 5.01. The van der Waals surface area contributed by atoms with Crippen LogP contribution in [0.25, 0.3) is 0 Å². The lowest BCUT2D eigenvalue weighted by Gasteiger charge is -2.34. The van der Waals surface area contributed by atoms with E-state index >= 15 is 0 Å². The van der Waals surface area contributed by atoms with Gasteiger partial charge >= 0.3 is 6.03 Å². The smallest absolute Gasteiger partial charge is 0.323 e. The number of aryl methyl sites for hydroxylation is 2. The molecule has 6 nitrogen and oxygen atoms in total. The molecule has 1 spiro atoms. The predicted octanol–water partition coefficient (Wildman–Crippen LogP) is 2.77. The fourth-order valence-corrected chi connectivity index (χ4v) is 4.73. The summed E-state index contributed by atoms with van der Waals surface area (Å²) >= 11 is 0. The zero-order valence-electron chi connectivity index (χ0n) is 16.1. The molecule has 4 amide bonds. The van der Waals surface area contributed by atoms with Crippen molar-refractivity contribution >= 4 is 23.5 Å². The van der Waals surface area contributed by atoms with Crippen LogP contribution in [0.4, 0.5) is 10.5 Å². The van der Waals surface area contributed by atoms with E-state index in [-0.39, 0.29) is 18.4 Å². The molecule has 1 saturated heterocycles. The van der Waals surface area contributed by atoms with Gasteiger partial charge in [0.25, 0.3) is 5.91 Å². The molecule has 1 aromatic rings. The Morgan fingerprint density at radius 3 is 2.74 bits per heavy atom. The number of benzene rings is 1. The Morgan fingerprint density at radius 2 is 2.00 bits per heavy atom. The molecule has 0 atom stereocenters. The number of nitrogens with one attached hydrogen (secondary N) is 1. The van der Waals surface area contributed by atoms with Crippen molar-refractivity contribution in [2.45, 2.75) is 57.9 Å². The molecular formula is C21H27N3O3. The first kappa shape index (κ1) is 18.0. The predicted molar refractivity (Wildman–Crippen MR) is 102 cm³/mol. The van der Waals surface area contributed by atoms with E-state index in [0.29, 0.717) is 25.3 Å². The number of fused-ring (bicyclic) bond motifs is 1. The van der Waals surface area contributed by atoms with Gasteiger partial charge in [-0.25, -0.2) is 4.79 Å². The molecule has 27 heavy (non-hydrogen) atoms. The fraction of sp³-hybridized carbons (Fsp3) is 0.571. The number of imide groups is 1. The highest BCUT2D eigenvalue weighted by atomic mass is 16.2. The number of amides is 4. The van der Waals surface area contributed by atoms with Crippen LogP contribution in [0, 0.1) is 12.8 Å². The van der Waals surface area contributed by atoms with Crippen LogP contribution in [-0.2, 0) is 16.0 Å². The Labute approximate surface area is 159 Å². The van der Waals surface area contributed by atoms with Gasteiger partial charge in [-0.05, 0) is 62.5 Å². The van der Waals surface area contributed by atoms with Crippen LogP contribution in [0.1, 0.15) is 50.2 Å². The maximum absolute atomic E-state index is 13.0. The third kappa shape index (κ3) is 3.01. The van der Waals surface area contributed by atoms with E-state index in [4.69, 9.17) is 0 Å². The van der Waals surface area contributed by atoms with Gasteiger partial charge in [0.2, 0.25) is 5.91 Å². The molecule has 2 aliphatic heterocycles. The second kappa shape index (κ2) is 6.66. The normalized spacial score (nSPS) is 27.7. The molecule has 1 N–H and O–H groups in total. The standard InChI is InChI=1S/C21H27N3O3/c1-14-8-10-21(11-9-14)19(26)24(20(27)22-21)13-17(25)23-12-4-7-16-6-3-5-15(2)18(16)23/h3,5-6,14H,4,7-13H2,1-2H3,(H,22,27). The highest BCUT2D eigenvalue weighted by Crippen LogP contribution is 2.36. The number of hydrogen-bond acceptors (Lipinski definition) is 3. The molecule has 1 saturated carbocycles. The van der Waals surface area contributed by atoms with Crippen molar-refractivity contribution in [1.29, 1.82) is 0 Å². The van der Waals surface area contributed by atoms with Gasteiger partial charge in [0, 0.05) is 12.2 Å². The van der Waals surface area contributed by atoms with Crippen LogP contribution in [-0.4, -0.2) is 41.4 Å². The van der Waals surface area contributed by atoms with Crippen LogP contribution in [0.15, 0.2) is 18.2 Å². The topological polar surface area (TPSA) is 69.7 Å². The number of carbonyl (C=O) groups is 3. The van der Waals surface area contributed by atoms with Gasteiger partial charge in [0.15, 0.2) is 0 Å². The van der Waals surface area contributed by atoms with Crippen molar-refractivity contribution in [2.75, 3.05) is 18.0 Å². The first-order chi connectivity index (χ1) is 12.9. The minimum Gasteiger partial charge on any atom is -0.323 e. The summed E-state index contributed by atoms with van der Waals surface area (Å²) in [5.41, 5.74) is 2.36. The zero-order valence-corrected chi connectivity index (χ0v) is 16.1. The summed E-state index contributed by atoms with van der Waals surface area (Å²) in [6, 6.07) is 5.63. The highest BCUT2D eigenvalue weighted by molar-refractivity contribution is 6.10. The molecule has 0 unspecified atom stereocenters. The largest absolute Gasteiger partial charge is 0.325 e. The number of para-hydroxylation sites is 1. The molecule has 0 radical (unpaired) electrons. The Morgan fingerprint density at radius 1 is 1.26 bits per heavy atom. The van der Waals surface area contributed by atoms with Crippen LogP contribution in [0.3, 0.4) is 0 Å². The third-order valence-corrected chi connectivity index (χ3v) is 6.39. The van der Waals surface area contributed by atoms with E-state index in [1.165, 1.54) is 0 Å². The first-order valence-electron chi connectivity index (χ1n) is 9.94. The van der Waals surface area contributed by atoms with E-state index in [1.54, 1.807) is 4.90 Å². The van der Waals surface area contributed by atoms with Gasteiger partial charge in [-0.1, -0.05) is 25.1 Å². The maximum Gasteiger partial charge on any atom is 0.325 e. The lowest BCUT2D eigenvalue weighted by atomic mass is 9.77. The monoisotopic (exact) mass is 369 g/mol. The van der Waals surface area contributed by atoms with Crippen molar-refractivity contribution in [2.24, 2.45) is 5.92 Å². The summed E-state index contributed by atoms with van der Waals surface area (Å²) < 4.78 is 0. The Balaban J connectivity index is 1.53. The molecule has 144 valence electrons. The summed E-state index contributed by atoms with van der Waals surface area (Å²) in [7, 11) is 0. The first-order valence-corrected chi connectivity index (χ1v) is 9.94. The summed E-state index contributed by atoms with van der Waals surface area (Å²) in [5.74, 6) is 0.161. The maximum atomic E-state index is 13.0.